The zero-order chi connectivity index (χ0) is 18.2. The number of amides is 1. The van der Waals surface area contributed by atoms with Crippen molar-refractivity contribution >= 4 is 22.0 Å². The third-order valence-corrected chi connectivity index (χ3v) is 4.34. The highest BCUT2D eigenvalue weighted by Gasteiger charge is 2.34. The van der Waals surface area contributed by atoms with Gasteiger partial charge < -0.3 is 14.2 Å². The van der Waals surface area contributed by atoms with Gasteiger partial charge in [0.15, 0.2) is 5.82 Å². The molecule has 1 saturated heterocycles. The van der Waals surface area contributed by atoms with Crippen molar-refractivity contribution < 1.29 is 13.9 Å². The predicted molar refractivity (Wildman–Crippen MR) is 94.4 cm³/mol. The van der Waals surface area contributed by atoms with Crippen LogP contribution in [0.15, 0.2) is 29.0 Å². The summed E-state index contributed by atoms with van der Waals surface area (Å²) in [6.45, 7) is 7.37. The molecule has 1 aliphatic rings. The number of carbonyl (C=O) groups is 1. The van der Waals surface area contributed by atoms with E-state index in [0.29, 0.717) is 35.5 Å². The summed E-state index contributed by atoms with van der Waals surface area (Å²) in [5.41, 5.74) is -0.0908. The number of ether oxygens (including phenoxy) is 1. The van der Waals surface area contributed by atoms with Crippen LogP contribution in [0.2, 0.25) is 0 Å². The van der Waals surface area contributed by atoms with Crippen LogP contribution < -0.4 is 0 Å². The summed E-state index contributed by atoms with van der Waals surface area (Å²) in [4.78, 5) is 13.6. The van der Waals surface area contributed by atoms with E-state index in [1.165, 1.54) is 6.07 Å². The molecule has 0 N–H and O–H groups in total. The van der Waals surface area contributed by atoms with Gasteiger partial charge in [-0.1, -0.05) is 15.9 Å². The van der Waals surface area contributed by atoms with Gasteiger partial charge in [-0.2, -0.15) is 0 Å². The first-order valence-corrected chi connectivity index (χ1v) is 8.83. The van der Waals surface area contributed by atoms with Crippen LogP contribution in [-0.2, 0) is 11.3 Å². The summed E-state index contributed by atoms with van der Waals surface area (Å²) in [5.74, 6) is 0.397. The molecule has 2 aromatic rings. The Labute approximate surface area is 154 Å². The molecule has 2 heterocycles. The lowest BCUT2D eigenvalue weighted by Crippen LogP contribution is -2.52. The second-order valence-corrected chi connectivity index (χ2v) is 8.10. The van der Waals surface area contributed by atoms with Crippen molar-refractivity contribution in [2.24, 2.45) is 5.92 Å². The first-order chi connectivity index (χ1) is 11.7. The highest BCUT2D eigenvalue weighted by Crippen LogP contribution is 2.26. The maximum Gasteiger partial charge on any atom is 0.410 e. The van der Waals surface area contributed by atoms with Crippen molar-refractivity contribution in [2.45, 2.75) is 32.9 Å². The van der Waals surface area contributed by atoms with E-state index in [1.54, 1.807) is 23.4 Å². The van der Waals surface area contributed by atoms with Gasteiger partial charge in [0.1, 0.15) is 17.7 Å². The predicted octanol–water partition coefficient (Wildman–Crippen LogP) is 3.71. The van der Waals surface area contributed by atoms with E-state index in [4.69, 9.17) is 4.74 Å². The van der Waals surface area contributed by atoms with Crippen LogP contribution >= 0.6 is 15.9 Å². The minimum Gasteiger partial charge on any atom is -0.444 e. The second kappa shape index (κ2) is 6.74. The third kappa shape index (κ3) is 4.18. The normalized spacial score (nSPS) is 15.2. The van der Waals surface area contributed by atoms with Crippen LogP contribution in [0.1, 0.15) is 20.8 Å². The first-order valence-electron chi connectivity index (χ1n) is 8.04. The van der Waals surface area contributed by atoms with Crippen molar-refractivity contribution in [3.63, 3.8) is 0 Å². The smallest absolute Gasteiger partial charge is 0.410 e. The van der Waals surface area contributed by atoms with E-state index < -0.39 is 5.60 Å². The van der Waals surface area contributed by atoms with Crippen LogP contribution in [-0.4, -0.2) is 44.4 Å². The van der Waals surface area contributed by atoms with E-state index >= 15 is 0 Å². The van der Waals surface area contributed by atoms with Crippen LogP contribution in [0.25, 0.3) is 11.4 Å². The third-order valence-electron chi connectivity index (χ3n) is 3.85. The number of hydrogen-bond acceptors (Lipinski definition) is 4. The molecule has 8 heteroatoms. The fourth-order valence-electron chi connectivity index (χ4n) is 2.71. The van der Waals surface area contributed by atoms with Crippen molar-refractivity contribution in [1.82, 2.24) is 19.7 Å². The van der Waals surface area contributed by atoms with Crippen molar-refractivity contribution in [2.75, 3.05) is 13.1 Å². The zero-order valence-electron chi connectivity index (χ0n) is 14.4. The topological polar surface area (TPSA) is 60.2 Å². The molecule has 0 bridgehead atoms. The molecule has 0 atom stereocenters. The quantitative estimate of drug-likeness (QED) is 0.773. The molecule has 3 rings (SSSR count). The molecule has 0 unspecified atom stereocenters. The largest absolute Gasteiger partial charge is 0.444 e. The van der Waals surface area contributed by atoms with Gasteiger partial charge in [0.05, 0.1) is 5.56 Å². The number of carbonyl (C=O) groups excluding carboxylic acids is 1. The second-order valence-electron chi connectivity index (χ2n) is 7.18. The summed E-state index contributed by atoms with van der Waals surface area (Å²) >= 11 is 3.25. The highest BCUT2D eigenvalue weighted by molar-refractivity contribution is 9.10. The maximum atomic E-state index is 14.2. The molecular formula is C17H20BrFN4O2. The monoisotopic (exact) mass is 410 g/mol. The van der Waals surface area contributed by atoms with E-state index in [1.807, 2.05) is 25.3 Å². The molecule has 0 radical (unpaired) electrons. The molecule has 0 saturated carbocycles. The fraction of sp³-hybridized carbons (Fsp3) is 0.471. The van der Waals surface area contributed by atoms with Gasteiger partial charge >= 0.3 is 6.09 Å². The Kier molecular flexibility index (Phi) is 4.81. The summed E-state index contributed by atoms with van der Waals surface area (Å²) in [7, 11) is 0. The van der Waals surface area contributed by atoms with Gasteiger partial charge in [-0.3, -0.25) is 0 Å². The van der Waals surface area contributed by atoms with Gasteiger partial charge in [0.25, 0.3) is 0 Å². The Morgan fingerprint density at radius 2 is 2.12 bits per heavy atom. The molecular weight excluding hydrogens is 391 g/mol. The molecule has 1 fully saturated rings. The minimum absolute atomic E-state index is 0.265. The lowest BCUT2D eigenvalue weighted by atomic mass is 10.0. The van der Waals surface area contributed by atoms with Gasteiger partial charge in [0, 0.05) is 30.0 Å². The van der Waals surface area contributed by atoms with E-state index in [-0.39, 0.29) is 17.8 Å². The van der Waals surface area contributed by atoms with E-state index in [0.717, 1.165) is 0 Å². The Morgan fingerprint density at radius 1 is 1.40 bits per heavy atom. The maximum absolute atomic E-state index is 14.2. The molecule has 0 spiro atoms. The molecule has 1 aliphatic heterocycles. The van der Waals surface area contributed by atoms with Gasteiger partial charge in [-0.15, -0.1) is 10.2 Å². The Morgan fingerprint density at radius 3 is 2.76 bits per heavy atom. The van der Waals surface area contributed by atoms with Crippen molar-refractivity contribution in [1.29, 1.82) is 0 Å². The van der Waals surface area contributed by atoms with Crippen LogP contribution in [0.4, 0.5) is 9.18 Å². The Balaban J connectivity index is 1.63. The molecule has 6 nitrogen and oxygen atoms in total. The molecule has 1 amide bonds. The fourth-order valence-corrected chi connectivity index (χ4v) is 3.04. The Bertz CT molecular complexity index is 781. The summed E-state index contributed by atoms with van der Waals surface area (Å²) in [6.07, 6.45) is 1.29. The molecule has 1 aromatic heterocycles. The van der Waals surface area contributed by atoms with E-state index in [9.17, 15) is 9.18 Å². The number of rotatable bonds is 3. The minimum atomic E-state index is -0.497. The van der Waals surface area contributed by atoms with Crippen molar-refractivity contribution in [3.8, 4) is 11.4 Å². The summed E-state index contributed by atoms with van der Waals surface area (Å²) in [6, 6.07) is 4.85. The molecule has 0 aliphatic carbocycles. The number of likely N-dealkylation sites (tertiary alicyclic amines) is 1. The van der Waals surface area contributed by atoms with Crippen molar-refractivity contribution in [3.05, 3.63) is 34.8 Å². The number of aromatic nitrogens is 3. The molecule has 25 heavy (non-hydrogen) atoms. The molecule has 134 valence electrons. The lowest BCUT2D eigenvalue weighted by molar-refractivity contribution is -0.00327. The van der Waals surface area contributed by atoms with Gasteiger partial charge in [-0.25, -0.2) is 9.18 Å². The zero-order valence-corrected chi connectivity index (χ0v) is 16.0. The van der Waals surface area contributed by atoms with Gasteiger partial charge in [-0.05, 0) is 39.0 Å². The molecule has 1 aromatic carbocycles. The number of nitrogens with zero attached hydrogens (tertiary/aromatic N) is 4. The average molecular weight is 411 g/mol. The van der Waals surface area contributed by atoms with Crippen LogP contribution in [0.5, 0.6) is 0 Å². The van der Waals surface area contributed by atoms with E-state index in [2.05, 4.69) is 26.1 Å². The summed E-state index contributed by atoms with van der Waals surface area (Å²) < 4.78 is 22.0. The number of halogens is 2. The lowest BCUT2D eigenvalue weighted by Gasteiger charge is -2.39. The number of benzene rings is 1. The summed E-state index contributed by atoms with van der Waals surface area (Å²) in [5, 5.41) is 7.95. The first kappa shape index (κ1) is 17.8. The van der Waals surface area contributed by atoms with Gasteiger partial charge in [0.2, 0.25) is 0 Å². The highest BCUT2D eigenvalue weighted by atomic mass is 79.9. The SMILES string of the molecule is CC(C)(C)OC(=O)N1CC(Cn2cnnc2-c2ccc(Br)cc2F)C1. The Hall–Kier alpha value is -1.96. The average Bonchev–Trinajstić information content (AvgIpc) is 2.88. The standard InChI is InChI=1S/C17H20BrFN4O2/c1-17(2,3)25-16(24)22-7-11(8-22)9-23-10-20-21-15(23)13-5-4-12(18)6-14(13)19/h4-6,10-11H,7-9H2,1-3H3. The van der Waals surface area contributed by atoms with Crippen LogP contribution in [0, 0.1) is 11.7 Å². The number of hydrogen-bond donors (Lipinski definition) is 0. The van der Waals surface area contributed by atoms with Crippen LogP contribution in [0.3, 0.4) is 0 Å².